The van der Waals surface area contributed by atoms with Crippen LogP contribution in [0.1, 0.15) is 37.2 Å². The van der Waals surface area contributed by atoms with Crippen molar-refractivity contribution < 1.29 is 4.79 Å². The van der Waals surface area contributed by atoms with Crippen molar-refractivity contribution in [2.24, 2.45) is 11.8 Å². The Balaban J connectivity index is 1.87. The van der Waals surface area contributed by atoms with Crippen molar-refractivity contribution >= 4 is 5.91 Å². The van der Waals surface area contributed by atoms with Crippen LogP contribution in [-0.4, -0.2) is 44.9 Å². The summed E-state index contributed by atoms with van der Waals surface area (Å²) in [6, 6.07) is 0.617. The Kier molecular flexibility index (Phi) is 4.49. The van der Waals surface area contributed by atoms with Crippen molar-refractivity contribution in [3.63, 3.8) is 0 Å². The SMILES string of the molecule is CC1CCC(C)N(CCn2cc(C(=O)NN)nn2)C1. The van der Waals surface area contributed by atoms with Crippen molar-refractivity contribution in [2.75, 3.05) is 13.1 Å². The van der Waals surface area contributed by atoms with E-state index >= 15 is 0 Å². The Morgan fingerprint density at radius 3 is 3.00 bits per heavy atom. The summed E-state index contributed by atoms with van der Waals surface area (Å²) in [5, 5.41) is 7.72. The van der Waals surface area contributed by atoms with Gasteiger partial charge in [0.2, 0.25) is 0 Å². The fourth-order valence-corrected chi connectivity index (χ4v) is 2.51. The number of carbonyl (C=O) groups is 1. The van der Waals surface area contributed by atoms with Gasteiger partial charge in [0.1, 0.15) is 0 Å². The third-order valence-corrected chi connectivity index (χ3v) is 3.77. The van der Waals surface area contributed by atoms with E-state index in [1.54, 1.807) is 10.9 Å². The van der Waals surface area contributed by atoms with Gasteiger partial charge < -0.3 is 0 Å². The first-order valence-corrected chi connectivity index (χ1v) is 6.75. The van der Waals surface area contributed by atoms with Crippen molar-refractivity contribution in [3.8, 4) is 0 Å². The molecule has 0 bridgehead atoms. The molecule has 1 aliphatic heterocycles. The Morgan fingerprint density at radius 1 is 1.47 bits per heavy atom. The number of hydrogen-bond donors (Lipinski definition) is 2. The van der Waals surface area contributed by atoms with Crippen LogP contribution in [-0.2, 0) is 6.54 Å². The smallest absolute Gasteiger partial charge is 0.287 e. The maximum Gasteiger partial charge on any atom is 0.287 e. The number of likely N-dealkylation sites (tertiary alicyclic amines) is 1. The summed E-state index contributed by atoms with van der Waals surface area (Å²) in [5.74, 6) is 5.40. The molecule has 1 saturated heterocycles. The molecule has 1 aromatic heterocycles. The number of nitrogens with one attached hydrogen (secondary N) is 1. The summed E-state index contributed by atoms with van der Waals surface area (Å²) < 4.78 is 1.69. The summed E-state index contributed by atoms with van der Waals surface area (Å²) in [4.78, 5) is 13.7. The second kappa shape index (κ2) is 6.12. The first-order valence-electron chi connectivity index (χ1n) is 6.75. The second-order valence-electron chi connectivity index (χ2n) is 5.37. The van der Waals surface area contributed by atoms with Crippen LogP contribution in [0.25, 0.3) is 0 Å². The van der Waals surface area contributed by atoms with E-state index in [1.807, 2.05) is 5.43 Å². The third-order valence-electron chi connectivity index (χ3n) is 3.77. The molecule has 2 heterocycles. The molecule has 1 fully saturated rings. The van der Waals surface area contributed by atoms with Crippen LogP contribution in [0.15, 0.2) is 6.20 Å². The van der Waals surface area contributed by atoms with Crippen molar-refractivity contribution in [1.82, 2.24) is 25.3 Å². The number of hydrogen-bond acceptors (Lipinski definition) is 5. The third kappa shape index (κ3) is 3.51. The lowest BCUT2D eigenvalue weighted by molar-refractivity contribution is 0.0948. The zero-order valence-corrected chi connectivity index (χ0v) is 11.5. The van der Waals surface area contributed by atoms with Crippen molar-refractivity contribution in [3.05, 3.63) is 11.9 Å². The van der Waals surface area contributed by atoms with E-state index in [2.05, 4.69) is 29.1 Å². The van der Waals surface area contributed by atoms with Gasteiger partial charge in [0, 0.05) is 19.1 Å². The molecule has 2 rings (SSSR count). The van der Waals surface area contributed by atoms with E-state index in [1.165, 1.54) is 12.8 Å². The lowest BCUT2D eigenvalue weighted by atomic mass is 9.95. The number of rotatable bonds is 4. The van der Waals surface area contributed by atoms with E-state index in [4.69, 9.17) is 5.84 Å². The number of piperidine rings is 1. The normalized spacial score (nSPS) is 24.4. The number of hydrazine groups is 1. The number of aromatic nitrogens is 3. The van der Waals surface area contributed by atoms with E-state index in [0.29, 0.717) is 6.04 Å². The number of nitrogens with zero attached hydrogens (tertiary/aromatic N) is 4. The highest BCUT2D eigenvalue weighted by Crippen LogP contribution is 2.20. The Hall–Kier alpha value is -1.47. The molecule has 0 aromatic carbocycles. The molecule has 1 amide bonds. The molecule has 7 heteroatoms. The molecule has 3 N–H and O–H groups in total. The minimum Gasteiger partial charge on any atom is -0.299 e. The van der Waals surface area contributed by atoms with E-state index in [9.17, 15) is 4.79 Å². The first kappa shape index (κ1) is 14.0. The highest BCUT2D eigenvalue weighted by molar-refractivity contribution is 5.91. The number of nitrogen functional groups attached to an aromatic ring is 1. The molecular weight excluding hydrogens is 244 g/mol. The number of carbonyl (C=O) groups excluding carboxylic acids is 1. The first-order chi connectivity index (χ1) is 9.10. The molecular formula is C12H22N6O. The topological polar surface area (TPSA) is 89.1 Å². The predicted molar refractivity (Wildman–Crippen MR) is 71.1 cm³/mol. The van der Waals surface area contributed by atoms with Crippen LogP contribution < -0.4 is 11.3 Å². The lowest BCUT2D eigenvalue weighted by Crippen LogP contribution is -2.42. The average molecular weight is 266 g/mol. The Morgan fingerprint density at radius 2 is 2.26 bits per heavy atom. The van der Waals surface area contributed by atoms with E-state index in [-0.39, 0.29) is 5.69 Å². The number of nitrogens with two attached hydrogens (primary N) is 1. The molecule has 0 spiro atoms. The standard InChI is InChI=1S/C12H22N6O/c1-9-3-4-10(2)17(7-9)5-6-18-8-11(15-16-18)12(19)14-13/h8-10H,3-7,13H2,1-2H3,(H,14,19). The van der Waals surface area contributed by atoms with Crippen LogP contribution >= 0.6 is 0 Å². The van der Waals surface area contributed by atoms with Crippen LogP contribution in [0.4, 0.5) is 0 Å². The molecule has 19 heavy (non-hydrogen) atoms. The molecule has 106 valence electrons. The Labute approximate surface area is 113 Å². The van der Waals surface area contributed by atoms with Crippen LogP contribution in [0, 0.1) is 5.92 Å². The van der Waals surface area contributed by atoms with Gasteiger partial charge in [0.05, 0.1) is 12.7 Å². The van der Waals surface area contributed by atoms with Gasteiger partial charge in [0.15, 0.2) is 5.69 Å². The van der Waals surface area contributed by atoms with E-state index < -0.39 is 5.91 Å². The summed E-state index contributed by atoms with van der Waals surface area (Å²) in [6.07, 6.45) is 4.18. The van der Waals surface area contributed by atoms with Crippen LogP contribution in [0.2, 0.25) is 0 Å². The quantitative estimate of drug-likeness (QED) is 0.455. The Bertz CT molecular complexity index is 432. The van der Waals surface area contributed by atoms with Gasteiger partial charge in [-0.1, -0.05) is 12.1 Å². The van der Waals surface area contributed by atoms with Crippen LogP contribution in [0.5, 0.6) is 0 Å². The summed E-state index contributed by atoms with van der Waals surface area (Å²) in [5.41, 5.74) is 2.30. The van der Waals surface area contributed by atoms with Gasteiger partial charge in [0.25, 0.3) is 5.91 Å². The second-order valence-corrected chi connectivity index (χ2v) is 5.37. The molecule has 2 atom stereocenters. The fraction of sp³-hybridized carbons (Fsp3) is 0.750. The largest absolute Gasteiger partial charge is 0.299 e. The predicted octanol–water partition coefficient (Wildman–Crippen LogP) is 0.00200. The molecule has 0 saturated carbocycles. The monoisotopic (exact) mass is 266 g/mol. The summed E-state index contributed by atoms with van der Waals surface area (Å²) in [7, 11) is 0. The highest BCUT2D eigenvalue weighted by atomic mass is 16.2. The van der Waals surface area contributed by atoms with Crippen LogP contribution in [0.3, 0.4) is 0 Å². The molecule has 1 aromatic rings. The van der Waals surface area contributed by atoms with Crippen molar-refractivity contribution in [1.29, 1.82) is 0 Å². The summed E-state index contributed by atoms with van der Waals surface area (Å²) in [6.45, 7) is 7.35. The highest BCUT2D eigenvalue weighted by Gasteiger charge is 2.22. The van der Waals surface area contributed by atoms with Gasteiger partial charge in [-0.3, -0.25) is 19.8 Å². The van der Waals surface area contributed by atoms with E-state index in [0.717, 1.165) is 25.6 Å². The van der Waals surface area contributed by atoms with Gasteiger partial charge in [-0.05, 0) is 25.7 Å². The lowest BCUT2D eigenvalue weighted by Gasteiger charge is -2.36. The van der Waals surface area contributed by atoms with Gasteiger partial charge >= 0.3 is 0 Å². The maximum absolute atomic E-state index is 11.3. The molecule has 7 nitrogen and oxygen atoms in total. The molecule has 1 aliphatic rings. The minimum absolute atomic E-state index is 0.252. The zero-order chi connectivity index (χ0) is 13.8. The average Bonchev–Trinajstić information content (AvgIpc) is 2.88. The zero-order valence-electron chi connectivity index (χ0n) is 11.5. The minimum atomic E-state index is -0.411. The van der Waals surface area contributed by atoms with Gasteiger partial charge in [-0.15, -0.1) is 5.10 Å². The molecule has 2 unspecified atom stereocenters. The van der Waals surface area contributed by atoms with Gasteiger partial charge in [-0.25, -0.2) is 5.84 Å². The maximum atomic E-state index is 11.3. The molecule has 0 aliphatic carbocycles. The number of amides is 1. The van der Waals surface area contributed by atoms with Crippen molar-refractivity contribution in [2.45, 2.75) is 39.3 Å². The fourth-order valence-electron chi connectivity index (χ4n) is 2.51. The van der Waals surface area contributed by atoms with Gasteiger partial charge in [-0.2, -0.15) is 0 Å². The summed E-state index contributed by atoms with van der Waals surface area (Å²) >= 11 is 0. The molecule has 0 radical (unpaired) electrons.